The van der Waals surface area contributed by atoms with Gasteiger partial charge in [-0.2, -0.15) is 0 Å². The van der Waals surface area contributed by atoms with Crippen LogP contribution < -0.4 is 14.9 Å². The number of fused-ring (bicyclic) bond motifs is 1. The zero-order valence-corrected chi connectivity index (χ0v) is 26.6. The van der Waals surface area contributed by atoms with Crippen LogP contribution in [0.15, 0.2) is 97.6 Å². The van der Waals surface area contributed by atoms with E-state index in [1.807, 2.05) is 26.0 Å². The van der Waals surface area contributed by atoms with Crippen LogP contribution in [-0.4, -0.2) is 33.4 Å². The fourth-order valence-electron chi connectivity index (χ4n) is 4.86. The highest BCUT2D eigenvalue weighted by molar-refractivity contribution is 7.99. The monoisotopic (exact) mass is 652 g/mol. The Balaban J connectivity index is 1.70. The van der Waals surface area contributed by atoms with E-state index in [0.717, 1.165) is 15.4 Å². The van der Waals surface area contributed by atoms with Gasteiger partial charge in [0.1, 0.15) is 0 Å². The number of hydrogen-bond acceptors (Lipinski definition) is 7. The van der Waals surface area contributed by atoms with Crippen LogP contribution in [0.4, 0.5) is 5.69 Å². The Bertz CT molecular complexity index is 1930. The molecule has 0 fully saturated rings. The smallest absolute Gasteiger partial charge is 0.271 e. The number of halogens is 2. The van der Waals surface area contributed by atoms with Crippen LogP contribution in [0, 0.1) is 10.1 Å². The third-order valence-corrected chi connectivity index (χ3v) is 9.61. The van der Waals surface area contributed by atoms with E-state index in [1.54, 1.807) is 60.4 Å². The third-order valence-electron chi connectivity index (χ3n) is 7.02. The lowest BCUT2D eigenvalue weighted by atomic mass is 9.94. The minimum Gasteiger partial charge on any atom is -0.339 e. The highest BCUT2D eigenvalue weighted by atomic mass is 35.5. The zero-order valence-electron chi connectivity index (χ0n) is 23.4. The molecule has 12 heteroatoms. The van der Waals surface area contributed by atoms with Gasteiger partial charge in [0.2, 0.25) is 0 Å². The third kappa shape index (κ3) is 6.33. The number of carbonyl (C=O) groups excluding carboxylic acids is 1. The first-order chi connectivity index (χ1) is 20.6. The molecule has 3 aromatic carbocycles. The van der Waals surface area contributed by atoms with Crippen LogP contribution >= 0.6 is 46.3 Å². The number of aromatic nitrogens is 1. The normalized spacial score (nSPS) is 14.8. The highest BCUT2D eigenvalue weighted by Gasteiger charge is 2.34. The van der Waals surface area contributed by atoms with Gasteiger partial charge in [-0.15, -0.1) is 0 Å². The standard InChI is InChI=1S/C31H26Cl2N4O4S2/c1-4-35(5-2)30(39)27-18(3)34-31-36(28(27)19-6-8-21(32)9-7-19)29(38)26(43-31)17-20-16-23(37(40)41)12-15-25(20)42-24-13-10-22(33)11-14-24/h6-17,28H,4-5H2,1-3H3/b26-17-/t28-/m0/s1. The van der Waals surface area contributed by atoms with Crippen molar-refractivity contribution in [3.63, 3.8) is 0 Å². The van der Waals surface area contributed by atoms with Gasteiger partial charge in [-0.3, -0.25) is 24.3 Å². The zero-order chi connectivity index (χ0) is 30.8. The number of nitro groups is 1. The van der Waals surface area contributed by atoms with Crippen LogP contribution in [0.25, 0.3) is 6.08 Å². The van der Waals surface area contributed by atoms with E-state index in [0.29, 0.717) is 49.3 Å². The number of allylic oxidation sites excluding steroid dienone is 1. The SMILES string of the molecule is CCN(CC)C(=O)C1=C(C)N=c2s/c(=C\c3cc([N+](=O)[O-])ccc3Sc3ccc(Cl)cc3)c(=O)n2[C@H]1c1ccc(Cl)cc1. The van der Waals surface area contributed by atoms with Crippen molar-refractivity contribution in [2.24, 2.45) is 4.99 Å². The number of nitrogens with zero attached hydrogens (tertiary/aromatic N) is 4. The fourth-order valence-corrected chi connectivity index (χ4v) is 7.05. The molecule has 2 heterocycles. The van der Waals surface area contributed by atoms with E-state index >= 15 is 0 Å². The lowest BCUT2D eigenvalue weighted by Gasteiger charge is -2.29. The molecule has 1 aromatic heterocycles. The number of carbonyl (C=O) groups is 1. The van der Waals surface area contributed by atoms with Gasteiger partial charge in [0.25, 0.3) is 17.2 Å². The molecule has 220 valence electrons. The van der Waals surface area contributed by atoms with Gasteiger partial charge in [0.05, 0.1) is 26.8 Å². The van der Waals surface area contributed by atoms with Crippen molar-refractivity contribution in [1.82, 2.24) is 9.47 Å². The maximum absolute atomic E-state index is 14.1. The number of benzene rings is 3. The number of rotatable bonds is 8. The first-order valence-electron chi connectivity index (χ1n) is 13.4. The molecule has 1 atom stereocenters. The average molecular weight is 654 g/mol. The Labute approximate surface area is 265 Å². The molecule has 0 spiro atoms. The van der Waals surface area contributed by atoms with E-state index in [1.165, 1.54) is 39.8 Å². The molecule has 0 aliphatic carbocycles. The Morgan fingerprint density at radius 3 is 2.30 bits per heavy atom. The lowest BCUT2D eigenvalue weighted by molar-refractivity contribution is -0.384. The molecule has 0 saturated carbocycles. The van der Waals surface area contributed by atoms with Gasteiger partial charge in [-0.05, 0) is 80.4 Å². The van der Waals surface area contributed by atoms with E-state index in [2.05, 4.69) is 0 Å². The summed E-state index contributed by atoms with van der Waals surface area (Å²) >= 11 is 14.8. The van der Waals surface area contributed by atoms with Crippen LogP contribution in [0.3, 0.4) is 0 Å². The molecule has 0 N–H and O–H groups in total. The molecular weight excluding hydrogens is 627 g/mol. The second-order valence-corrected chi connectivity index (χ2v) is 12.6. The molecule has 1 aliphatic heterocycles. The molecule has 43 heavy (non-hydrogen) atoms. The molecule has 1 aliphatic rings. The summed E-state index contributed by atoms with van der Waals surface area (Å²) in [6.07, 6.45) is 1.65. The summed E-state index contributed by atoms with van der Waals surface area (Å²) in [5.74, 6) is -0.194. The van der Waals surface area contributed by atoms with Crippen LogP contribution in [-0.2, 0) is 4.79 Å². The molecule has 4 aromatic rings. The van der Waals surface area contributed by atoms with Crippen molar-refractivity contribution >= 4 is 64.0 Å². The quantitative estimate of drug-likeness (QED) is 0.160. The van der Waals surface area contributed by atoms with Crippen molar-refractivity contribution in [3.8, 4) is 0 Å². The second-order valence-electron chi connectivity index (χ2n) is 9.65. The summed E-state index contributed by atoms with van der Waals surface area (Å²) in [6, 6.07) is 18.1. The first kappa shape index (κ1) is 30.7. The Kier molecular flexibility index (Phi) is 9.22. The number of hydrogen-bond donors (Lipinski definition) is 0. The van der Waals surface area contributed by atoms with Crippen LogP contribution in [0.2, 0.25) is 10.0 Å². The van der Waals surface area contributed by atoms with E-state index in [4.69, 9.17) is 28.2 Å². The number of nitro benzene ring substituents is 1. The maximum Gasteiger partial charge on any atom is 0.271 e. The van der Waals surface area contributed by atoms with Crippen molar-refractivity contribution in [2.45, 2.75) is 36.6 Å². The van der Waals surface area contributed by atoms with Gasteiger partial charge < -0.3 is 4.90 Å². The predicted octanol–water partition coefficient (Wildman–Crippen LogP) is 6.47. The Morgan fingerprint density at radius 2 is 1.70 bits per heavy atom. The minimum atomic E-state index is -0.725. The maximum atomic E-state index is 14.1. The van der Waals surface area contributed by atoms with Gasteiger partial charge in [-0.25, -0.2) is 4.99 Å². The van der Waals surface area contributed by atoms with Gasteiger partial charge in [0.15, 0.2) is 4.80 Å². The van der Waals surface area contributed by atoms with Gasteiger partial charge in [0, 0.05) is 45.1 Å². The van der Waals surface area contributed by atoms with Gasteiger partial charge in [-0.1, -0.05) is 58.4 Å². The highest BCUT2D eigenvalue weighted by Crippen LogP contribution is 2.34. The number of amides is 1. The minimum absolute atomic E-state index is 0.0959. The Morgan fingerprint density at radius 1 is 1.07 bits per heavy atom. The molecule has 0 radical (unpaired) electrons. The number of non-ortho nitro benzene ring substituents is 1. The van der Waals surface area contributed by atoms with Crippen molar-refractivity contribution < 1.29 is 9.72 Å². The van der Waals surface area contributed by atoms with Crippen molar-refractivity contribution in [3.05, 3.63) is 129 Å². The van der Waals surface area contributed by atoms with E-state index in [-0.39, 0.29) is 17.2 Å². The molecule has 0 saturated heterocycles. The lowest BCUT2D eigenvalue weighted by Crippen LogP contribution is -2.43. The van der Waals surface area contributed by atoms with Crippen molar-refractivity contribution in [2.75, 3.05) is 13.1 Å². The first-order valence-corrected chi connectivity index (χ1v) is 15.8. The summed E-state index contributed by atoms with van der Waals surface area (Å²) in [7, 11) is 0. The number of thiazole rings is 1. The largest absolute Gasteiger partial charge is 0.339 e. The molecular formula is C31H26Cl2N4O4S2. The second kappa shape index (κ2) is 12.9. The van der Waals surface area contributed by atoms with Crippen LogP contribution in [0.5, 0.6) is 0 Å². The molecule has 0 unspecified atom stereocenters. The number of likely N-dealkylation sites (N-methyl/N-ethyl adjacent to an activating group) is 1. The molecule has 8 nitrogen and oxygen atoms in total. The Hall–Kier alpha value is -3.70. The summed E-state index contributed by atoms with van der Waals surface area (Å²) < 4.78 is 1.87. The molecule has 0 bridgehead atoms. The van der Waals surface area contributed by atoms with E-state index < -0.39 is 11.0 Å². The van der Waals surface area contributed by atoms with Crippen LogP contribution in [0.1, 0.15) is 37.9 Å². The van der Waals surface area contributed by atoms with E-state index in [9.17, 15) is 19.7 Å². The summed E-state index contributed by atoms with van der Waals surface area (Å²) in [6.45, 7) is 6.60. The summed E-state index contributed by atoms with van der Waals surface area (Å²) in [4.78, 5) is 47.5. The summed E-state index contributed by atoms with van der Waals surface area (Å²) in [5, 5.41) is 12.8. The van der Waals surface area contributed by atoms with Crippen molar-refractivity contribution in [1.29, 1.82) is 0 Å². The molecule has 1 amide bonds. The average Bonchev–Trinajstić information content (AvgIpc) is 3.29. The van der Waals surface area contributed by atoms with Gasteiger partial charge >= 0.3 is 0 Å². The fraction of sp³-hybridized carbons (Fsp3) is 0.194. The predicted molar refractivity (Wildman–Crippen MR) is 172 cm³/mol. The topological polar surface area (TPSA) is 97.8 Å². The summed E-state index contributed by atoms with van der Waals surface area (Å²) in [5.41, 5.74) is 1.73. The molecule has 5 rings (SSSR count).